The predicted molar refractivity (Wildman–Crippen MR) is 111 cm³/mol. The fourth-order valence-electron chi connectivity index (χ4n) is 2.40. The molecule has 0 fully saturated rings. The van der Waals surface area contributed by atoms with E-state index in [9.17, 15) is 19.7 Å². The second-order valence-electron chi connectivity index (χ2n) is 6.01. The maximum atomic E-state index is 12.1. The van der Waals surface area contributed by atoms with Crippen molar-refractivity contribution in [1.82, 2.24) is 0 Å². The number of non-ortho nitro benzene ring substituents is 1. The predicted octanol–water partition coefficient (Wildman–Crippen LogP) is 5.73. The van der Waals surface area contributed by atoms with Crippen LogP contribution in [-0.4, -0.2) is 23.3 Å². The highest BCUT2D eigenvalue weighted by atomic mass is 35.5. The first kappa shape index (κ1) is 21.3. The second-order valence-corrected chi connectivity index (χ2v) is 6.82. The summed E-state index contributed by atoms with van der Waals surface area (Å²) in [6.45, 7) is -0.447. The monoisotopic (exact) mass is 445 g/mol. The lowest BCUT2D eigenvalue weighted by molar-refractivity contribution is -0.384. The highest BCUT2D eigenvalue weighted by Gasteiger charge is 2.13. The SMILES string of the molecule is O=C(COC(=O)c1ccc(Oc2ccc([N+](=O)[O-])cc2)cc1)c1ccc(Cl)c(Cl)c1. The molecule has 0 amide bonds. The third-order valence-corrected chi connectivity index (χ3v) is 4.69. The summed E-state index contributed by atoms with van der Waals surface area (Å²) in [4.78, 5) is 34.4. The van der Waals surface area contributed by atoms with Gasteiger partial charge in [-0.25, -0.2) is 4.79 Å². The number of esters is 1. The van der Waals surface area contributed by atoms with Crippen molar-refractivity contribution in [2.45, 2.75) is 0 Å². The molecule has 0 saturated carbocycles. The Balaban J connectivity index is 1.57. The quantitative estimate of drug-likeness (QED) is 0.199. The van der Waals surface area contributed by atoms with Crippen LogP contribution in [0.5, 0.6) is 11.5 Å². The van der Waals surface area contributed by atoms with Crippen LogP contribution in [0.15, 0.2) is 66.7 Å². The Hall–Kier alpha value is -3.42. The molecule has 0 heterocycles. The van der Waals surface area contributed by atoms with Crippen LogP contribution in [0.1, 0.15) is 20.7 Å². The zero-order valence-corrected chi connectivity index (χ0v) is 16.7. The molecule has 9 heteroatoms. The maximum Gasteiger partial charge on any atom is 0.338 e. The van der Waals surface area contributed by atoms with Gasteiger partial charge in [-0.15, -0.1) is 0 Å². The van der Waals surface area contributed by atoms with Crippen molar-refractivity contribution in [3.05, 3.63) is 98.0 Å². The smallest absolute Gasteiger partial charge is 0.338 e. The summed E-state index contributed by atoms with van der Waals surface area (Å²) >= 11 is 11.7. The van der Waals surface area contributed by atoms with E-state index in [-0.39, 0.29) is 21.8 Å². The van der Waals surface area contributed by atoms with Gasteiger partial charge in [-0.05, 0) is 54.6 Å². The zero-order chi connectivity index (χ0) is 21.7. The van der Waals surface area contributed by atoms with Gasteiger partial charge in [0.25, 0.3) is 5.69 Å². The van der Waals surface area contributed by atoms with Crippen LogP contribution in [0.3, 0.4) is 0 Å². The number of hydrogen-bond donors (Lipinski definition) is 0. The minimum atomic E-state index is -0.676. The van der Waals surface area contributed by atoms with Gasteiger partial charge in [0.05, 0.1) is 20.5 Å². The number of nitrogens with zero attached hydrogens (tertiary/aromatic N) is 1. The molecule has 0 spiro atoms. The second kappa shape index (κ2) is 9.39. The molecule has 0 atom stereocenters. The van der Waals surface area contributed by atoms with Gasteiger partial charge in [-0.1, -0.05) is 23.2 Å². The molecule has 0 aliphatic rings. The third-order valence-electron chi connectivity index (χ3n) is 3.95. The molecule has 0 aliphatic heterocycles. The molecule has 7 nitrogen and oxygen atoms in total. The first-order valence-corrected chi connectivity index (χ1v) is 9.27. The molecule has 0 aromatic heterocycles. The van der Waals surface area contributed by atoms with E-state index < -0.39 is 23.3 Å². The van der Waals surface area contributed by atoms with Crippen LogP contribution in [0.2, 0.25) is 10.0 Å². The van der Waals surface area contributed by atoms with E-state index in [1.165, 1.54) is 54.6 Å². The molecule has 152 valence electrons. The standard InChI is InChI=1S/C21H13Cl2NO6/c22-18-10-3-14(11-19(18)23)20(25)12-29-21(26)13-1-6-16(7-2-13)30-17-8-4-15(5-9-17)24(27)28/h1-11H,12H2. The van der Waals surface area contributed by atoms with E-state index in [4.69, 9.17) is 32.7 Å². The molecule has 30 heavy (non-hydrogen) atoms. The van der Waals surface area contributed by atoms with Crippen LogP contribution in [0.4, 0.5) is 5.69 Å². The Kier molecular flexibility index (Phi) is 6.66. The highest BCUT2D eigenvalue weighted by molar-refractivity contribution is 6.42. The lowest BCUT2D eigenvalue weighted by atomic mass is 10.1. The fourth-order valence-corrected chi connectivity index (χ4v) is 2.70. The lowest BCUT2D eigenvalue weighted by Gasteiger charge is -2.07. The zero-order valence-electron chi connectivity index (χ0n) is 15.2. The van der Waals surface area contributed by atoms with Crippen molar-refractivity contribution in [1.29, 1.82) is 0 Å². The Morgan fingerprint density at radius 1 is 0.833 bits per heavy atom. The van der Waals surface area contributed by atoms with E-state index in [0.29, 0.717) is 16.5 Å². The van der Waals surface area contributed by atoms with Gasteiger partial charge in [-0.2, -0.15) is 0 Å². The molecular formula is C21H13Cl2NO6. The Labute approximate surface area is 180 Å². The summed E-state index contributed by atoms with van der Waals surface area (Å²) in [5.41, 5.74) is 0.466. The summed E-state index contributed by atoms with van der Waals surface area (Å²) in [5, 5.41) is 11.2. The van der Waals surface area contributed by atoms with Gasteiger partial charge in [-0.3, -0.25) is 14.9 Å². The minimum absolute atomic E-state index is 0.0455. The Morgan fingerprint density at radius 2 is 1.40 bits per heavy atom. The van der Waals surface area contributed by atoms with Gasteiger partial charge < -0.3 is 9.47 Å². The van der Waals surface area contributed by atoms with Gasteiger partial charge in [0.15, 0.2) is 12.4 Å². The Bertz CT molecular complexity index is 1100. The molecular weight excluding hydrogens is 433 g/mol. The van der Waals surface area contributed by atoms with Crippen molar-refractivity contribution in [2.24, 2.45) is 0 Å². The topological polar surface area (TPSA) is 95.7 Å². The fraction of sp³-hybridized carbons (Fsp3) is 0.0476. The normalized spacial score (nSPS) is 10.3. The van der Waals surface area contributed by atoms with E-state index >= 15 is 0 Å². The number of hydrogen-bond acceptors (Lipinski definition) is 6. The van der Waals surface area contributed by atoms with Crippen molar-refractivity contribution < 1.29 is 24.0 Å². The van der Waals surface area contributed by atoms with Crippen molar-refractivity contribution in [3.8, 4) is 11.5 Å². The van der Waals surface area contributed by atoms with Crippen molar-refractivity contribution in [3.63, 3.8) is 0 Å². The molecule has 0 N–H and O–H groups in total. The number of rotatable bonds is 7. The van der Waals surface area contributed by atoms with Crippen LogP contribution in [-0.2, 0) is 4.74 Å². The first-order valence-electron chi connectivity index (χ1n) is 8.51. The molecule has 3 rings (SSSR count). The lowest BCUT2D eigenvalue weighted by Crippen LogP contribution is -2.14. The van der Waals surface area contributed by atoms with Crippen molar-refractivity contribution >= 4 is 40.6 Å². The van der Waals surface area contributed by atoms with Crippen LogP contribution < -0.4 is 4.74 Å². The molecule has 0 bridgehead atoms. The molecule has 3 aromatic rings. The van der Waals surface area contributed by atoms with Gasteiger partial charge in [0.1, 0.15) is 11.5 Å². The highest BCUT2D eigenvalue weighted by Crippen LogP contribution is 2.25. The number of Topliss-reactive ketones (excluding diaryl/α,β-unsaturated/α-hetero) is 1. The maximum absolute atomic E-state index is 12.1. The van der Waals surface area contributed by atoms with Crippen LogP contribution in [0.25, 0.3) is 0 Å². The van der Waals surface area contributed by atoms with Crippen LogP contribution >= 0.6 is 23.2 Å². The average Bonchev–Trinajstić information content (AvgIpc) is 2.74. The van der Waals surface area contributed by atoms with Crippen LogP contribution in [0, 0.1) is 10.1 Å². The summed E-state index contributed by atoms with van der Waals surface area (Å²) in [7, 11) is 0. The largest absolute Gasteiger partial charge is 0.457 e. The van der Waals surface area contributed by atoms with E-state index in [1.54, 1.807) is 12.1 Å². The number of ketones is 1. The van der Waals surface area contributed by atoms with E-state index in [1.807, 2.05) is 0 Å². The van der Waals surface area contributed by atoms with Gasteiger partial charge in [0, 0.05) is 17.7 Å². The minimum Gasteiger partial charge on any atom is -0.457 e. The number of ether oxygens (including phenoxy) is 2. The summed E-state index contributed by atoms with van der Waals surface area (Å²) < 4.78 is 10.6. The Morgan fingerprint density at radius 3 is 1.97 bits per heavy atom. The number of halogens is 2. The average molecular weight is 446 g/mol. The third kappa shape index (κ3) is 5.34. The first-order chi connectivity index (χ1) is 14.3. The molecule has 3 aromatic carbocycles. The number of carbonyl (C=O) groups is 2. The summed E-state index contributed by atoms with van der Waals surface area (Å²) in [6, 6.07) is 16.0. The summed E-state index contributed by atoms with van der Waals surface area (Å²) in [5.74, 6) is -0.263. The number of nitro groups is 1. The molecule has 0 unspecified atom stereocenters. The number of benzene rings is 3. The number of nitro benzene ring substituents is 1. The molecule has 0 saturated heterocycles. The molecule has 0 radical (unpaired) electrons. The van der Waals surface area contributed by atoms with E-state index in [0.717, 1.165) is 0 Å². The van der Waals surface area contributed by atoms with Crippen molar-refractivity contribution in [2.75, 3.05) is 6.61 Å². The molecule has 0 aliphatic carbocycles. The van der Waals surface area contributed by atoms with E-state index in [2.05, 4.69) is 0 Å². The van der Waals surface area contributed by atoms with Gasteiger partial charge >= 0.3 is 5.97 Å². The van der Waals surface area contributed by atoms with Gasteiger partial charge in [0.2, 0.25) is 0 Å². The summed E-state index contributed by atoms with van der Waals surface area (Å²) in [6.07, 6.45) is 0. The number of carbonyl (C=O) groups excluding carboxylic acids is 2.